The van der Waals surface area contributed by atoms with E-state index < -0.39 is 5.97 Å². The standard InChI is InChI=1S/C14H17NO5/c1-8-5-10(7-20-8)13(16)15-11-6-9(14(17)18)3-4-12(11)19-2/h3-4,6,8,10H,5,7H2,1-2H3,(H,15,16)(H,17,18). The smallest absolute Gasteiger partial charge is 0.335 e. The van der Waals surface area contributed by atoms with E-state index in [4.69, 9.17) is 14.6 Å². The molecule has 2 rings (SSSR count). The summed E-state index contributed by atoms with van der Waals surface area (Å²) in [4.78, 5) is 23.1. The molecule has 0 aliphatic carbocycles. The highest BCUT2D eigenvalue weighted by Crippen LogP contribution is 2.27. The number of ether oxygens (including phenoxy) is 2. The zero-order chi connectivity index (χ0) is 14.7. The zero-order valence-corrected chi connectivity index (χ0v) is 11.4. The predicted molar refractivity (Wildman–Crippen MR) is 72.1 cm³/mol. The Labute approximate surface area is 116 Å². The number of carbonyl (C=O) groups is 2. The normalized spacial score (nSPS) is 21.5. The Morgan fingerprint density at radius 2 is 2.20 bits per heavy atom. The number of benzene rings is 1. The van der Waals surface area contributed by atoms with Gasteiger partial charge in [0.2, 0.25) is 5.91 Å². The monoisotopic (exact) mass is 279 g/mol. The fourth-order valence-electron chi connectivity index (χ4n) is 2.17. The van der Waals surface area contributed by atoms with Crippen LogP contribution in [0.15, 0.2) is 18.2 Å². The van der Waals surface area contributed by atoms with Gasteiger partial charge in [-0.25, -0.2) is 4.79 Å². The maximum absolute atomic E-state index is 12.1. The van der Waals surface area contributed by atoms with Gasteiger partial charge in [-0.1, -0.05) is 0 Å². The van der Waals surface area contributed by atoms with Crippen LogP contribution in [0.2, 0.25) is 0 Å². The Kier molecular flexibility index (Phi) is 4.24. The summed E-state index contributed by atoms with van der Waals surface area (Å²) in [5.74, 6) is -1.03. The SMILES string of the molecule is COc1ccc(C(=O)O)cc1NC(=O)C1COC(C)C1. The number of anilines is 1. The Bertz CT molecular complexity index is 528. The number of carboxylic acids is 1. The van der Waals surface area contributed by atoms with Crippen molar-refractivity contribution in [3.63, 3.8) is 0 Å². The summed E-state index contributed by atoms with van der Waals surface area (Å²) in [6.45, 7) is 2.30. The van der Waals surface area contributed by atoms with Gasteiger partial charge >= 0.3 is 5.97 Å². The van der Waals surface area contributed by atoms with Crippen LogP contribution in [0.4, 0.5) is 5.69 Å². The van der Waals surface area contributed by atoms with Crippen LogP contribution < -0.4 is 10.1 Å². The third-order valence-electron chi connectivity index (χ3n) is 3.27. The van der Waals surface area contributed by atoms with E-state index in [9.17, 15) is 9.59 Å². The molecule has 1 aromatic rings. The van der Waals surface area contributed by atoms with Crippen LogP contribution in [0.5, 0.6) is 5.75 Å². The molecule has 1 fully saturated rings. The second-order valence-electron chi connectivity index (χ2n) is 4.79. The second-order valence-corrected chi connectivity index (χ2v) is 4.79. The van der Waals surface area contributed by atoms with Gasteiger partial charge in [0.05, 0.1) is 37.0 Å². The zero-order valence-electron chi connectivity index (χ0n) is 11.4. The van der Waals surface area contributed by atoms with Crippen LogP contribution in [-0.4, -0.2) is 36.8 Å². The lowest BCUT2D eigenvalue weighted by atomic mass is 10.1. The molecule has 2 N–H and O–H groups in total. The number of rotatable bonds is 4. The van der Waals surface area contributed by atoms with Crippen LogP contribution in [0.25, 0.3) is 0 Å². The number of carbonyl (C=O) groups excluding carboxylic acids is 1. The first-order chi connectivity index (χ1) is 9.51. The molecular weight excluding hydrogens is 262 g/mol. The fraction of sp³-hybridized carbons (Fsp3) is 0.429. The molecule has 6 nitrogen and oxygen atoms in total. The van der Waals surface area contributed by atoms with Crippen molar-refractivity contribution in [2.75, 3.05) is 19.0 Å². The van der Waals surface area contributed by atoms with Crippen LogP contribution >= 0.6 is 0 Å². The van der Waals surface area contributed by atoms with E-state index in [0.717, 1.165) is 0 Å². The lowest BCUT2D eigenvalue weighted by Gasteiger charge is -2.13. The Hall–Kier alpha value is -2.08. The molecule has 1 heterocycles. The van der Waals surface area contributed by atoms with Crippen LogP contribution in [0.1, 0.15) is 23.7 Å². The van der Waals surface area contributed by atoms with Crippen molar-refractivity contribution in [3.05, 3.63) is 23.8 Å². The van der Waals surface area contributed by atoms with Gasteiger partial charge < -0.3 is 19.9 Å². The first-order valence-electron chi connectivity index (χ1n) is 6.35. The van der Waals surface area contributed by atoms with Crippen molar-refractivity contribution in [1.82, 2.24) is 0 Å². The van der Waals surface area contributed by atoms with Crippen LogP contribution in [-0.2, 0) is 9.53 Å². The predicted octanol–water partition coefficient (Wildman–Crippen LogP) is 1.76. The highest BCUT2D eigenvalue weighted by atomic mass is 16.5. The molecule has 2 atom stereocenters. The van der Waals surface area contributed by atoms with Crippen LogP contribution in [0, 0.1) is 5.92 Å². The molecule has 6 heteroatoms. The average Bonchev–Trinajstić information content (AvgIpc) is 2.85. The molecule has 1 aromatic carbocycles. The van der Waals surface area contributed by atoms with Crippen molar-refractivity contribution < 1.29 is 24.2 Å². The third-order valence-corrected chi connectivity index (χ3v) is 3.27. The summed E-state index contributed by atoms with van der Waals surface area (Å²) in [6, 6.07) is 4.34. The lowest BCUT2D eigenvalue weighted by Crippen LogP contribution is -2.23. The topological polar surface area (TPSA) is 84.9 Å². The molecule has 2 unspecified atom stereocenters. The average molecular weight is 279 g/mol. The Morgan fingerprint density at radius 1 is 1.45 bits per heavy atom. The number of carboxylic acid groups (broad SMARTS) is 1. The summed E-state index contributed by atoms with van der Waals surface area (Å²) in [5, 5.41) is 11.7. The highest BCUT2D eigenvalue weighted by molar-refractivity contribution is 5.96. The number of nitrogens with one attached hydrogen (secondary N) is 1. The molecule has 1 aliphatic rings. The van der Waals surface area contributed by atoms with E-state index in [2.05, 4.69) is 5.32 Å². The van der Waals surface area contributed by atoms with E-state index in [0.29, 0.717) is 24.5 Å². The third kappa shape index (κ3) is 3.08. The molecule has 1 amide bonds. The van der Waals surface area contributed by atoms with Crippen molar-refractivity contribution in [2.45, 2.75) is 19.4 Å². The fourth-order valence-corrected chi connectivity index (χ4v) is 2.17. The minimum absolute atomic E-state index is 0.0676. The first kappa shape index (κ1) is 14.3. The van der Waals surface area contributed by atoms with E-state index >= 15 is 0 Å². The molecule has 1 aliphatic heterocycles. The highest BCUT2D eigenvalue weighted by Gasteiger charge is 2.28. The number of methoxy groups -OCH3 is 1. The van der Waals surface area contributed by atoms with Crippen molar-refractivity contribution >= 4 is 17.6 Å². The number of amides is 1. The van der Waals surface area contributed by atoms with Gasteiger partial charge in [-0.15, -0.1) is 0 Å². The van der Waals surface area contributed by atoms with Gasteiger partial charge in [-0.05, 0) is 31.5 Å². The minimum Gasteiger partial charge on any atom is -0.495 e. The summed E-state index contributed by atoms with van der Waals surface area (Å²) >= 11 is 0. The molecule has 0 aromatic heterocycles. The van der Waals surface area contributed by atoms with Gasteiger partial charge in [0.25, 0.3) is 0 Å². The Balaban J connectivity index is 2.16. The quantitative estimate of drug-likeness (QED) is 0.877. The second kappa shape index (κ2) is 5.92. The van der Waals surface area contributed by atoms with Crippen molar-refractivity contribution in [1.29, 1.82) is 0 Å². The molecule has 0 spiro atoms. The largest absolute Gasteiger partial charge is 0.495 e. The first-order valence-corrected chi connectivity index (χ1v) is 6.35. The number of hydrogen-bond donors (Lipinski definition) is 2. The number of aromatic carboxylic acids is 1. The Morgan fingerprint density at radius 3 is 2.75 bits per heavy atom. The molecule has 108 valence electrons. The summed E-state index contributed by atoms with van der Waals surface area (Å²) in [6.07, 6.45) is 0.727. The molecule has 0 bridgehead atoms. The summed E-state index contributed by atoms with van der Waals surface area (Å²) < 4.78 is 10.5. The van der Waals surface area contributed by atoms with Crippen molar-refractivity contribution in [2.24, 2.45) is 5.92 Å². The molecule has 0 radical (unpaired) electrons. The van der Waals surface area contributed by atoms with E-state index in [-0.39, 0.29) is 23.5 Å². The van der Waals surface area contributed by atoms with E-state index in [1.807, 2.05) is 6.92 Å². The molecule has 20 heavy (non-hydrogen) atoms. The van der Waals surface area contributed by atoms with Gasteiger partial charge in [0, 0.05) is 0 Å². The molecular formula is C14H17NO5. The maximum atomic E-state index is 12.1. The van der Waals surface area contributed by atoms with E-state index in [1.54, 1.807) is 0 Å². The minimum atomic E-state index is -1.05. The van der Waals surface area contributed by atoms with Crippen LogP contribution in [0.3, 0.4) is 0 Å². The van der Waals surface area contributed by atoms with Gasteiger partial charge in [-0.3, -0.25) is 4.79 Å². The van der Waals surface area contributed by atoms with Crippen molar-refractivity contribution in [3.8, 4) is 5.75 Å². The molecule has 1 saturated heterocycles. The van der Waals surface area contributed by atoms with Gasteiger partial charge in [-0.2, -0.15) is 0 Å². The number of hydrogen-bond acceptors (Lipinski definition) is 4. The maximum Gasteiger partial charge on any atom is 0.335 e. The van der Waals surface area contributed by atoms with Gasteiger partial charge in [0.15, 0.2) is 0 Å². The van der Waals surface area contributed by atoms with Gasteiger partial charge in [0.1, 0.15) is 5.75 Å². The summed E-state index contributed by atoms with van der Waals surface area (Å²) in [5.41, 5.74) is 0.453. The molecule has 0 saturated carbocycles. The summed E-state index contributed by atoms with van der Waals surface area (Å²) in [7, 11) is 1.46. The van der Waals surface area contributed by atoms with E-state index in [1.165, 1.54) is 25.3 Å². The lowest BCUT2D eigenvalue weighted by molar-refractivity contribution is -0.119.